The lowest BCUT2D eigenvalue weighted by atomic mass is 10.2. The molecule has 2 N–H and O–H groups in total. The van der Waals surface area contributed by atoms with Gasteiger partial charge in [0.25, 0.3) is 0 Å². The van der Waals surface area contributed by atoms with Gasteiger partial charge in [0.15, 0.2) is 0 Å². The van der Waals surface area contributed by atoms with Crippen molar-refractivity contribution in [1.82, 2.24) is 4.90 Å². The summed E-state index contributed by atoms with van der Waals surface area (Å²) >= 11 is 1.85. The average molecular weight is 388 g/mol. The zero-order chi connectivity index (χ0) is 20.1. The normalized spacial score (nSPS) is 10.5. The summed E-state index contributed by atoms with van der Waals surface area (Å²) in [6.07, 6.45) is 1.12. The van der Waals surface area contributed by atoms with Crippen molar-refractivity contribution in [3.05, 3.63) is 72.3 Å². The molecule has 0 heterocycles. The summed E-state index contributed by atoms with van der Waals surface area (Å²) in [5.41, 5.74) is 1.42. The Morgan fingerprint density at radius 1 is 0.889 bits per heavy atom. The Morgan fingerprint density at radius 3 is 1.93 bits per heavy atom. The van der Waals surface area contributed by atoms with Crippen LogP contribution in [0.5, 0.6) is 0 Å². The quantitative estimate of drug-likeness (QED) is 0.654. The van der Waals surface area contributed by atoms with Crippen molar-refractivity contribution in [2.24, 2.45) is 0 Å². The van der Waals surface area contributed by atoms with Gasteiger partial charge in [0.1, 0.15) is 0 Å². The van der Waals surface area contributed by atoms with Crippen LogP contribution in [0.2, 0.25) is 0 Å². The van der Waals surface area contributed by atoms with Crippen molar-refractivity contribution >= 4 is 23.7 Å². The van der Waals surface area contributed by atoms with Crippen molar-refractivity contribution in [2.45, 2.75) is 30.2 Å². The van der Waals surface area contributed by atoms with Crippen LogP contribution in [-0.2, 0) is 16.1 Å². The molecule has 0 amide bonds. The molecule has 6 heteroatoms. The second-order valence-electron chi connectivity index (χ2n) is 5.49. The first-order valence-corrected chi connectivity index (χ1v) is 9.45. The van der Waals surface area contributed by atoms with E-state index < -0.39 is 11.9 Å². The highest BCUT2D eigenvalue weighted by Crippen LogP contribution is 2.30. The molecule has 2 rings (SSSR count). The highest BCUT2D eigenvalue weighted by molar-refractivity contribution is 7.99. The van der Waals surface area contributed by atoms with Crippen molar-refractivity contribution in [1.29, 1.82) is 0 Å². The van der Waals surface area contributed by atoms with Crippen LogP contribution in [0, 0.1) is 0 Å². The Bertz CT molecular complexity index is 727. The van der Waals surface area contributed by atoms with Crippen LogP contribution in [0.25, 0.3) is 0 Å². The maximum atomic E-state index is 9.55. The maximum absolute atomic E-state index is 9.55. The lowest BCUT2D eigenvalue weighted by Crippen LogP contribution is -2.22. The number of rotatable bonds is 8. The number of hydrogen-bond acceptors (Lipinski definition) is 4. The molecule has 0 aliphatic carbocycles. The molecule has 0 bridgehead atoms. The molecule has 0 fully saturated rings. The minimum atomic E-state index is -1.26. The SMILES string of the molecule is CCN(CC)Cc1ccccc1Sc1ccccc1.O=C(O)/C=C\C(=O)O. The fourth-order valence-electron chi connectivity index (χ4n) is 2.18. The molecule has 27 heavy (non-hydrogen) atoms. The van der Waals surface area contributed by atoms with Crippen LogP contribution in [0.1, 0.15) is 19.4 Å². The maximum Gasteiger partial charge on any atom is 0.328 e. The van der Waals surface area contributed by atoms with E-state index in [4.69, 9.17) is 10.2 Å². The van der Waals surface area contributed by atoms with E-state index in [0.717, 1.165) is 19.6 Å². The van der Waals surface area contributed by atoms with Gasteiger partial charge >= 0.3 is 11.9 Å². The summed E-state index contributed by atoms with van der Waals surface area (Å²) < 4.78 is 0. The van der Waals surface area contributed by atoms with E-state index in [9.17, 15) is 9.59 Å². The Balaban J connectivity index is 0.000000387. The standard InChI is InChI=1S/C17H21NS.C4H4O4/c1-3-18(4-2)14-15-10-8-9-13-17(15)19-16-11-6-5-7-12-16;5-3(6)1-2-4(7)8/h5-13H,3-4,14H2,1-2H3;1-2H,(H,5,6)(H,7,8)/b;2-1-. The largest absolute Gasteiger partial charge is 0.478 e. The van der Waals surface area contributed by atoms with Gasteiger partial charge < -0.3 is 10.2 Å². The van der Waals surface area contributed by atoms with E-state index in [1.807, 2.05) is 11.8 Å². The summed E-state index contributed by atoms with van der Waals surface area (Å²) in [6, 6.07) is 19.3. The molecule has 144 valence electrons. The molecule has 0 radical (unpaired) electrons. The number of nitrogens with zero attached hydrogens (tertiary/aromatic N) is 1. The molecule has 0 aliphatic rings. The first-order chi connectivity index (χ1) is 13.0. The highest BCUT2D eigenvalue weighted by Gasteiger charge is 2.07. The van der Waals surface area contributed by atoms with Gasteiger partial charge in [0, 0.05) is 28.5 Å². The summed E-state index contributed by atoms with van der Waals surface area (Å²) in [5.74, 6) is -2.51. The minimum absolute atomic E-state index is 0.558. The predicted molar refractivity (Wildman–Crippen MR) is 108 cm³/mol. The summed E-state index contributed by atoms with van der Waals surface area (Å²) in [4.78, 5) is 24.2. The molecular formula is C21H25NO4S. The Kier molecular flexibility index (Phi) is 10.6. The zero-order valence-corrected chi connectivity index (χ0v) is 16.4. The molecule has 0 saturated carbocycles. The van der Waals surface area contributed by atoms with E-state index in [2.05, 4.69) is 73.3 Å². The molecule has 0 atom stereocenters. The Hall–Kier alpha value is -2.57. The van der Waals surface area contributed by atoms with Crippen molar-refractivity contribution in [2.75, 3.05) is 13.1 Å². The third-order valence-corrected chi connectivity index (χ3v) is 4.73. The lowest BCUT2D eigenvalue weighted by molar-refractivity contribution is -0.134. The molecule has 0 spiro atoms. The molecule has 2 aromatic rings. The van der Waals surface area contributed by atoms with Crippen LogP contribution >= 0.6 is 11.8 Å². The lowest BCUT2D eigenvalue weighted by Gasteiger charge is -2.19. The smallest absolute Gasteiger partial charge is 0.328 e. The number of carboxylic acids is 2. The van der Waals surface area contributed by atoms with E-state index in [1.54, 1.807) is 0 Å². The molecule has 0 aliphatic heterocycles. The van der Waals surface area contributed by atoms with Crippen LogP contribution in [-0.4, -0.2) is 40.1 Å². The third kappa shape index (κ3) is 9.63. The average Bonchev–Trinajstić information content (AvgIpc) is 2.67. The van der Waals surface area contributed by atoms with Gasteiger partial charge in [-0.05, 0) is 36.9 Å². The van der Waals surface area contributed by atoms with Gasteiger partial charge in [-0.25, -0.2) is 9.59 Å². The van der Waals surface area contributed by atoms with E-state index in [0.29, 0.717) is 12.2 Å². The van der Waals surface area contributed by atoms with Crippen LogP contribution < -0.4 is 0 Å². The highest BCUT2D eigenvalue weighted by atomic mass is 32.2. The minimum Gasteiger partial charge on any atom is -0.478 e. The van der Waals surface area contributed by atoms with E-state index in [-0.39, 0.29) is 0 Å². The molecule has 0 unspecified atom stereocenters. The molecule has 0 saturated heterocycles. The molecule has 5 nitrogen and oxygen atoms in total. The van der Waals surface area contributed by atoms with Crippen molar-refractivity contribution in [3.63, 3.8) is 0 Å². The van der Waals surface area contributed by atoms with Crippen LogP contribution in [0.3, 0.4) is 0 Å². The van der Waals surface area contributed by atoms with Crippen LogP contribution in [0.15, 0.2) is 76.5 Å². The number of carboxylic acid groups (broad SMARTS) is 2. The first kappa shape index (κ1) is 22.5. The van der Waals surface area contributed by atoms with Crippen molar-refractivity contribution in [3.8, 4) is 0 Å². The first-order valence-electron chi connectivity index (χ1n) is 8.63. The van der Waals surface area contributed by atoms with E-state index in [1.165, 1.54) is 15.4 Å². The van der Waals surface area contributed by atoms with Gasteiger partial charge in [-0.2, -0.15) is 0 Å². The van der Waals surface area contributed by atoms with Gasteiger partial charge in [-0.3, -0.25) is 4.90 Å². The van der Waals surface area contributed by atoms with Crippen LogP contribution in [0.4, 0.5) is 0 Å². The predicted octanol–water partition coefficient (Wildman–Crippen LogP) is 4.39. The van der Waals surface area contributed by atoms with Gasteiger partial charge in [-0.1, -0.05) is 62.0 Å². The Labute approximate surface area is 164 Å². The zero-order valence-electron chi connectivity index (χ0n) is 15.5. The molecular weight excluding hydrogens is 362 g/mol. The Morgan fingerprint density at radius 2 is 1.41 bits per heavy atom. The second-order valence-corrected chi connectivity index (χ2v) is 6.61. The topological polar surface area (TPSA) is 77.8 Å². The fourth-order valence-corrected chi connectivity index (χ4v) is 3.14. The fraction of sp³-hybridized carbons (Fsp3) is 0.238. The molecule has 0 aromatic heterocycles. The molecule has 2 aromatic carbocycles. The third-order valence-electron chi connectivity index (χ3n) is 3.60. The van der Waals surface area contributed by atoms with Gasteiger partial charge in [0.05, 0.1) is 0 Å². The second kappa shape index (κ2) is 12.7. The number of hydrogen-bond donors (Lipinski definition) is 2. The summed E-state index contributed by atoms with van der Waals surface area (Å²) in [5, 5.41) is 15.6. The number of benzene rings is 2. The monoisotopic (exact) mass is 387 g/mol. The summed E-state index contributed by atoms with van der Waals surface area (Å²) in [6.45, 7) is 7.66. The van der Waals surface area contributed by atoms with Gasteiger partial charge in [-0.15, -0.1) is 0 Å². The number of carbonyl (C=O) groups is 2. The van der Waals surface area contributed by atoms with E-state index >= 15 is 0 Å². The summed E-state index contributed by atoms with van der Waals surface area (Å²) in [7, 11) is 0. The van der Waals surface area contributed by atoms with Gasteiger partial charge in [0.2, 0.25) is 0 Å². The number of aliphatic carboxylic acids is 2. The van der Waals surface area contributed by atoms with Crippen molar-refractivity contribution < 1.29 is 19.8 Å².